The molecule has 0 saturated carbocycles. The van der Waals surface area contributed by atoms with Gasteiger partial charge in [0, 0.05) is 28.6 Å². The van der Waals surface area contributed by atoms with Crippen LogP contribution in [0.3, 0.4) is 0 Å². The van der Waals surface area contributed by atoms with E-state index in [1.807, 2.05) is 39.0 Å². The average Bonchev–Trinajstić information content (AvgIpc) is 2.81. The fourth-order valence-electron chi connectivity index (χ4n) is 4.54. The molecular weight excluding hydrogens is 478 g/mol. The number of nitrogens with two attached hydrogens (primary N) is 1. The molecule has 3 N–H and O–H groups in total. The number of hydrogen-bond donors (Lipinski definition) is 2. The predicted octanol–water partition coefficient (Wildman–Crippen LogP) is 6.72. The van der Waals surface area contributed by atoms with Crippen LogP contribution in [0.1, 0.15) is 70.7 Å². The van der Waals surface area contributed by atoms with E-state index in [9.17, 15) is 14.7 Å². The van der Waals surface area contributed by atoms with Crippen LogP contribution < -0.4 is 10.5 Å². The normalized spacial score (nSPS) is 11.7. The first-order chi connectivity index (χ1) is 17.9. The minimum Gasteiger partial charge on any atom is -0.494 e. The monoisotopic (exact) mass is 519 g/mol. The van der Waals surface area contributed by atoms with Crippen LogP contribution in [0.15, 0.2) is 42.5 Å². The summed E-state index contributed by atoms with van der Waals surface area (Å²) in [5.74, 6) is 0.751. The number of ether oxygens (including phenoxy) is 1. The summed E-state index contributed by atoms with van der Waals surface area (Å²) in [6.45, 7) is 12.8. The SMILES string of the molecule is Cc1ccc(-c2c(CN(C(=O)O)C(C)(C)C)c(CC(C)C)nc3ccc(OCCCCC(N)=O)cc23)cc1. The lowest BCUT2D eigenvalue weighted by Gasteiger charge is -2.34. The Kier molecular flexibility index (Phi) is 9.36. The zero-order chi connectivity index (χ0) is 28.0. The molecule has 0 atom stereocenters. The van der Waals surface area contributed by atoms with Crippen LogP contribution in [-0.4, -0.2) is 39.1 Å². The number of carbonyl (C=O) groups excluding carboxylic acids is 1. The molecular formula is C31H41N3O4. The summed E-state index contributed by atoms with van der Waals surface area (Å²) in [5, 5.41) is 11.1. The number of pyridine rings is 1. The lowest BCUT2D eigenvalue weighted by molar-refractivity contribution is -0.118. The molecule has 0 unspecified atom stereocenters. The zero-order valence-corrected chi connectivity index (χ0v) is 23.5. The topological polar surface area (TPSA) is 106 Å². The van der Waals surface area contributed by atoms with Gasteiger partial charge in [-0.25, -0.2) is 4.79 Å². The third-order valence-electron chi connectivity index (χ3n) is 6.53. The van der Waals surface area contributed by atoms with Crippen molar-refractivity contribution in [2.45, 2.75) is 79.3 Å². The summed E-state index contributed by atoms with van der Waals surface area (Å²) in [5.41, 5.74) is 10.5. The second-order valence-corrected chi connectivity index (χ2v) is 11.4. The van der Waals surface area contributed by atoms with Gasteiger partial charge in [0.15, 0.2) is 0 Å². The standard InChI is InChI=1S/C31H41N3O4/c1-20(2)17-27-25(19-34(30(36)37)31(4,5)6)29(22-12-10-21(3)11-13-22)24-18-23(14-15-26(24)33-27)38-16-8-7-9-28(32)35/h10-15,18,20H,7-9,16-17,19H2,1-6H3,(H2,32,35)(H,36,37). The van der Waals surface area contributed by atoms with Crippen molar-refractivity contribution in [2.75, 3.05) is 6.61 Å². The number of amides is 2. The highest BCUT2D eigenvalue weighted by Gasteiger charge is 2.29. The van der Waals surface area contributed by atoms with E-state index in [4.69, 9.17) is 15.5 Å². The predicted molar refractivity (Wildman–Crippen MR) is 152 cm³/mol. The number of primary amides is 1. The number of nitrogens with zero attached hydrogens (tertiary/aromatic N) is 2. The van der Waals surface area contributed by atoms with Gasteiger partial charge in [0.1, 0.15) is 5.75 Å². The molecule has 204 valence electrons. The highest BCUT2D eigenvalue weighted by Crippen LogP contribution is 2.37. The van der Waals surface area contributed by atoms with Crippen molar-refractivity contribution in [3.05, 3.63) is 59.3 Å². The number of aromatic nitrogens is 1. The third-order valence-corrected chi connectivity index (χ3v) is 6.53. The number of carboxylic acid groups (broad SMARTS) is 1. The molecule has 0 aliphatic rings. The summed E-state index contributed by atoms with van der Waals surface area (Å²) in [6.07, 6.45) is 1.52. The average molecular weight is 520 g/mol. The van der Waals surface area contributed by atoms with Crippen molar-refractivity contribution in [3.63, 3.8) is 0 Å². The molecule has 0 spiro atoms. The van der Waals surface area contributed by atoms with Crippen molar-refractivity contribution in [2.24, 2.45) is 11.7 Å². The number of rotatable bonds is 11. The maximum absolute atomic E-state index is 12.4. The molecule has 2 amide bonds. The molecule has 7 heteroatoms. The van der Waals surface area contributed by atoms with Gasteiger partial charge in [-0.15, -0.1) is 0 Å². The molecule has 3 rings (SSSR count). The second kappa shape index (κ2) is 12.3. The van der Waals surface area contributed by atoms with Crippen molar-refractivity contribution >= 4 is 22.9 Å². The highest BCUT2D eigenvalue weighted by molar-refractivity contribution is 5.97. The van der Waals surface area contributed by atoms with Gasteiger partial charge in [-0.2, -0.15) is 0 Å². The molecule has 0 radical (unpaired) electrons. The van der Waals surface area contributed by atoms with Gasteiger partial charge in [-0.05, 0) is 82.2 Å². The fourth-order valence-corrected chi connectivity index (χ4v) is 4.54. The van der Waals surface area contributed by atoms with E-state index in [1.54, 1.807) is 0 Å². The summed E-state index contributed by atoms with van der Waals surface area (Å²) in [7, 11) is 0. The highest BCUT2D eigenvalue weighted by atomic mass is 16.5. The number of aryl methyl sites for hydroxylation is 1. The fraction of sp³-hybridized carbons (Fsp3) is 0.452. The lowest BCUT2D eigenvalue weighted by Crippen LogP contribution is -2.44. The van der Waals surface area contributed by atoms with Gasteiger partial charge in [0.2, 0.25) is 5.91 Å². The Labute approximate surface area is 226 Å². The van der Waals surface area contributed by atoms with Gasteiger partial charge in [0.05, 0.1) is 18.7 Å². The van der Waals surface area contributed by atoms with Crippen molar-refractivity contribution in [1.29, 1.82) is 0 Å². The minimum atomic E-state index is -0.962. The van der Waals surface area contributed by atoms with Crippen LogP contribution in [0.5, 0.6) is 5.75 Å². The Bertz CT molecular complexity index is 1280. The van der Waals surface area contributed by atoms with Crippen LogP contribution in [-0.2, 0) is 17.8 Å². The maximum Gasteiger partial charge on any atom is 0.408 e. The molecule has 38 heavy (non-hydrogen) atoms. The maximum atomic E-state index is 12.4. The largest absolute Gasteiger partial charge is 0.494 e. The molecule has 0 bridgehead atoms. The van der Waals surface area contributed by atoms with Gasteiger partial charge in [0.25, 0.3) is 0 Å². The Morgan fingerprint density at radius 1 is 1.08 bits per heavy atom. The first-order valence-corrected chi connectivity index (χ1v) is 13.3. The first-order valence-electron chi connectivity index (χ1n) is 13.3. The smallest absolute Gasteiger partial charge is 0.408 e. The van der Waals surface area contributed by atoms with E-state index >= 15 is 0 Å². The van der Waals surface area contributed by atoms with Crippen LogP contribution >= 0.6 is 0 Å². The molecule has 1 aromatic heterocycles. The number of hydrogen-bond acceptors (Lipinski definition) is 4. The molecule has 0 saturated heterocycles. The summed E-state index contributed by atoms with van der Waals surface area (Å²) >= 11 is 0. The van der Waals surface area contributed by atoms with Crippen LogP contribution in [0, 0.1) is 12.8 Å². The molecule has 0 fully saturated rings. The van der Waals surface area contributed by atoms with Crippen LogP contribution in [0.2, 0.25) is 0 Å². The van der Waals surface area contributed by atoms with Crippen molar-refractivity contribution < 1.29 is 19.4 Å². The Morgan fingerprint density at radius 3 is 2.34 bits per heavy atom. The Balaban J connectivity index is 2.19. The first kappa shape index (κ1) is 29.0. The van der Waals surface area contributed by atoms with Crippen molar-refractivity contribution in [3.8, 4) is 16.9 Å². The van der Waals surface area contributed by atoms with E-state index in [1.165, 1.54) is 4.90 Å². The Hall–Kier alpha value is -3.61. The summed E-state index contributed by atoms with van der Waals surface area (Å²) in [6, 6.07) is 14.2. The van der Waals surface area contributed by atoms with E-state index in [0.717, 1.165) is 51.7 Å². The molecule has 2 aromatic carbocycles. The molecule has 7 nitrogen and oxygen atoms in total. The number of unbranched alkanes of at least 4 members (excludes halogenated alkanes) is 1. The summed E-state index contributed by atoms with van der Waals surface area (Å²) < 4.78 is 6.03. The molecule has 3 aromatic rings. The third kappa shape index (κ3) is 7.46. The van der Waals surface area contributed by atoms with Gasteiger partial charge in [-0.3, -0.25) is 14.7 Å². The van der Waals surface area contributed by atoms with E-state index in [2.05, 4.69) is 45.0 Å². The minimum absolute atomic E-state index is 0.227. The van der Waals surface area contributed by atoms with Gasteiger partial charge in [-0.1, -0.05) is 43.7 Å². The quantitative estimate of drug-likeness (QED) is 0.274. The van der Waals surface area contributed by atoms with Crippen LogP contribution in [0.4, 0.5) is 4.79 Å². The zero-order valence-electron chi connectivity index (χ0n) is 23.5. The van der Waals surface area contributed by atoms with Crippen LogP contribution in [0.25, 0.3) is 22.0 Å². The molecule has 1 heterocycles. The lowest BCUT2D eigenvalue weighted by atomic mass is 9.90. The molecule has 0 aliphatic carbocycles. The number of benzene rings is 2. The Morgan fingerprint density at radius 2 is 1.76 bits per heavy atom. The van der Waals surface area contributed by atoms with E-state index in [-0.39, 0.29) is 12.5 Å². The van der Waals surface area contributed by atoms with E-state index < -0.39 is 11.6 Å². The molecule has 0 aliphatic heterocycles. The van der Waals surface area contributed by atoms with E-state index in [0.29, 0.717) is 31.1 Å². The van der Waals surface area contributed by atoms with Crippen molar-refractivity contribution in [1.82, 2.24) is 9.88 Å². The summed E-state index contributed by atoms with van der Waals surface area (Å²) in [4.78, 5) is 29.9. The second-order valence-electron chi connectivity index (χ2n) is 11.4. The number of fused-ring (bicyclic) bond motifs is 1. The van der Waals surface area contributed by atoms with Gasteiger partial charge >= 0.3 is 6.09 Å². The number of carbonyl (C=O) groups is 2. The van der Waals surface area contributed by atoms with Gasteiger partial charge < -0.3 is 15.6 Å².